The number of benzene rings is 2. The van der Waals surface area contributed by atoms with Crippen molar-refractivity contribution in [1.82, 2.24) is 0 Å². The summed E-state index contributed by atoms with van der Waals surface area (Å²) in [6.45, 7) is 8.71. The summed E-state index contributed by atoms with van der Waals surface area (Å²) in [5, 5.41) is 21.5. The zero-order chi connectivity index (χ0) is 21.9. The van der Waals surface area contributed by atoms with Crippen molar-refractivity contribution < 1.29 is 19.4 Å². The fourth-order valence-electron chi connectivity index (χ4n) is 2.76. The third kappa shape index (κ3) is 6.14. The number of phenols is 1. The number of allylic oxidation sites excluding steroid dienone is 1. The molecule has 1 amide bonds. The van der Waals surface area contributed by atoms with Crippen molar-refractivity contribution in [1.29, 1.82) is 5.26 Å². The maximum absolute atomic E-state index is 12.5. The maximum Gasteiger partial charge on any atom is 0.266 e. The molecule has 0 aliphatic rings. The fraction of sp³-hybridized carbons (Fsp3) is 0.250. The molecule has 0 saturated heterocycles. The van der Waals surface area contributed by atoms with E-state index in [4.69, 9.17) is 9.47 Å². The van der Waals surface area contributed by atoms with Crippen molar-refractivity contribution in [3.8, 4) is 23.3 Å². The molecule has 156 valence electrons. The van der Waals surface area contributed by atoms with E-state index < -0.39 is 5.91 Å². The average Bonchev–Trinajstić information content (AvgIpc) is 2.73. The number of nitrogens with zero attached hydrogens (tertiary/aromatic N) is 1. The summed E-state index contributed by atoms with van der Waals surface area (Å²) in [5.74, 6) is 0.765. The molecule has 2 aromatic rings. The fourth-order valence-corrected chi connectivity index (χ4v) is 2.76. The topological polar surface area (TPSA) is 91.6 Å². The summed E-state index contributed by atoms with van der Waals surface area (Å²) in [4.78, 5) is 12.5. The van der Waals surface area contributed by atoms with Gasteiger partial charge in [0.05, 0.1) is 13.2 Å². The van der Waals surface area contributed by atoms with Crippen LogP contribution in [-0.4, -0.2) is 24.2 Å². The number of anilines is 1. The number of ether oxygens (including phenoxy) is 2. The van der Waals surface area contributed by atoms with E-state index in [0.29, 0.717) is 42.4 Å². The minimum atomic E-state index is -0.544. The van der Waals surface area contributed by atoms with Crippen LogP contribution in [0.5, 0.6) is 17.2 Å². The van der Waals surface area contributed by atoms with E-state index in [0.717, 1.165) is 12.0 Å². The first-order valence-corrected chi connectivity index (χ1v) is 9.77. The second-order valence-corrected chi connectivity index (χ2v) is 6.45. The second kappa shape index (κ2) is 11.3. The van der Waals surface area contributed by atoms with Gasteiger partial charge in [0.1, 0.15) is 17.4 Å². The third-order valence-electron chi connectivity index (χ3n) is 4.07. The van der Waals surface area contributed by atoms with Gasteiger partial charge in [-0.05, 0) is 67.8 Å². The van der Waals surface area contributed by atoms with E-state index in [1.54, 1.807) is 24.3 Å². The Hall–Kier alpha value is -3.72. The van der Waals surface area contributed by atoms with E-state index in [-0.39, 0.29) is 11.3 Å². The number of carbonyl (C=O) groups is 1. The Morgan fingerprint density at radius 2 is 1.97 bits per heavy atom. The lowest BCUT2D eigenvalue weighted by molar-refractivity contribution is -0.112. The lowest BCUT2D eigenvalue weighted by Crippen LogP contribution is -2.13. The minimum absolute atomic E-state index is 0.0581. The molecule has 2 aromatic carbocycles. The molecule has 0 aromatic heterocycles. The molecular weight excluding hydrogens is 380 g/mol. The summed E-state index contributed by atoms with van der Waals surface area (Å²) < 4.78 is 11.6. The van der Waals surface area contributed by atoms with Crippen molar-refractivity contribution in [2.24, 2.45) is 0 Å². The molecule has 30 heavy (non-hydrogen) atoms. The van der Waals surface area contributed by atoms with Gasteiger partial charge in [-0.15, -0.1) is 6.58 Å². The Bertz CT molecular complexity index is 956. The van der Waals surface area contributed by atoms with Crippen LogP contribution in [0.1, 0.15) is 31.4 Å². The van der Waals surface area contributed by atoms with Crippen LogP contribution < -0.4 is 14.8 Å². The predicted octanol–water partition coefficient (Wildman–Crippen LogP) is 4.85. The van der Waals surface area contributed by atoms with E-state index >= 15 is 0 Å². The first kappa shape index (κ1) is 22.6. The Labute approximate surface area is 177 Å². The van der Waals surface area contributed by atoms with E-state index in [9.17, 15) is 15.2 Å². The predicted molar refractivity (Wildman–Crippen MR) is 118 cm³/mol. The van der Waals surface area contributed by atoms with Gasteiger partial charge < -0.3 is 19.9 Å². The van der Waals surface area contributed by atoms with Crippen molar-refractivity contribution >= 4 is 17.7 Å². The van der Waals surface area contributed by atoms with Gasteiger partial charge >= 0.3 is 0 Å². The highest BCUT2D eigenvalue weighted by molar-refractivity contribution is 6.09. The average molecular weight is 406 g/mol. The molecule has 0 fully saturated rings. The van der Waals surface area contributed by atoms with E-state index in [1.807, 2.05) is 26.0 Å². The van der Waals surface area contributed by atoms with E-state index in [2.05, 4.69) is 11.9 Å². The molecule has 0 atom stereocenters. The molecule has 0 heterocycles. The van der Waals surface area contributed by atoms with Gasteiger partial charge in [0, 0.05) is 11.3 Å². The lowest BCUT2D eigenvalue weighted by atomic mass is 10.0. The summed E-state index contributed by atoms with van der Waals surface area (Å²) in [6, 6.07) is 11.6. The number of nitriles is 1. The molecule has 0 spiro atoms. The number of nitrogens with one attached hydrogen (secondary N) is 1. The first-order chi connectivity index (χ1) is 14.5. The third-order valence-corrected chi connectivity index (χ3v) is 4.07. The number of phenolic OH excluding ortho intramolecular Hbond substituents is 1. The Morgan fingerprint density at radius 3 is 2.57 bits per heavy atom. The summed E-state index contributed by atoms with van der Waals surface area (Å²) in [6.07, 6.45) is 4.69. The molecule has 6 nitrogen and oxygen atoms in total. The van der Waals surface area contributed by atoms with Gasteiger partial charge in [-0.3, -0.25) is 4.79 Å². The monoisotopic (exact) mass is 406 g/mol. The van der Waals surface area contributed by atoms with Crippen LogP contribution in [-0.2, 0) is 11.2 Å². The normalized spacial score (nSPS) is 10.8. The van der Waals surface area contributed by atoms with Gasteiger partial charge in [-0.1, -0.05) is 13.0 Å². The van der Waals surface area contributed by atoms with Crippen molar-refractivity contribution in [2.75, 3.05) is 18.5 Å². The number of hydrogen-bond donors (Lipinski definition) is 2. The molecule has 0 unspecified atom stereocenters. The lowest BCUT2D eigenvalue weighted by Gasteiger charge is -2.16. The van der Waals surface area contributed by atoms with Gasteiger partial charge in [-0.25, -0.2) is 0 Å². The van der Waals surface area contributed by atoms with Gasteiger partial charge in [0.2, 0.25) is 0 Å². The molecule has 6 heteroatoms. The standard InChI is InChI=1S/C24H26N2O4/c1-4-7-18-13-17(15-22(29-6-3)23(18)30-12-5-2)14-19(16-25)24(28)26-20-8-10-21(27)11-9-20/h4,8-11,13-15,27H,1,5-7,12H2,2-3H3,(H,26,28)/b19-14+. The van der Waals surface area contributed by atoms with Crippen molar-refractivity contribution in [3.05, 3.63) is 65.8 Å². The van der Waals surface area contributed by atoms with Crippen LogP contribution in [0.2, 0.25) is 0 Å². The highest BCUT2D eigenvalue weighted by atomic mass is 16.5. The van der Waals surface area contributed by atoms with Crippen LogP contribution in [0.3, 0.4) is 0 Å². The Morgan fingerprint density at radius 1 is 1.23 bits per heavy atom. The number of hydrogen-bond acceptors (Lipinski definition) is 5. The minimum Gasteiger partial charge on any atom is -0.508 e. The summed E-state index contributed by atoms with van der Waals surface area (Å²) in [7, 11) is 0. The number of aromatic hydroxyl groups is 1. The van der Waals surface area contributed by atoms with Crippen LogP contribution in [0.4, 0.5) is 5.69 Å². The molecule has 0 radical (unpaired) electrons. The van der Waals surface area contributed by atoms with Gasteiger partial charge in [-0.2, -0.15) is 5.26 Å². The van der Waals surface area contributed by atoms with Crippen LogP contribution >= 0.6 is 0 Å². The molecule has 0 saturated carbocycles. The zero-order valence-electron chi connectivity index (χ0n) is 17.3. The van der Waals surface area contributed by atoms with Crippen LogP contribution in [0.25, 0.3) is 6.08 Å². The summed E-state index contributed by atoms with van der Waals surface area (Å²) >= 11 is 0. The van der Waals surface area contributed by atoms with Crippen LogP contribution in [0, 0.1) is 11.3 Å². The molecule has 2 rings (SSSR count). The molecule has 0 bridgehead atoms. The maximum atomic E-state index is 12.5. The number of rotatable bonds is 10. The highest BCUT2D eigenvalue weighted by Gasteiger charge is 2.15. The van der Waals surface area contributed by atoms with Crippen molar-refractivity contribution in [3.63, 3.8) is 0 Å². The quantitative estimate of drug-likeness (QED) is 0.255. The summed E-state index contributed by atoms with van der Waals surface area (Å²) in [5.41, 5.74) is 1.94. The molecule has 2 N–H and O–H groups in total. The number of carbonyl (C=O) groups excluding carboxylic acids is 1. The number of amides is 1. The molecule has 0 aliphatic carbocycles. The smallest absolute Gasteiger partial charge is 0.266 e. The Balaban J connectivity index is 2.39. The Kier molecular flexibility index (Phi) is 8.52. The van der Waals surface area contributed by atoms with E-state index in [1.165, 1.54) is 18.2 Å². The second-order valence-electron chi connectivity index (χ2n) is 6.45. The molecular formula is C24H26N2O4. The molecule has 0 aliphatic heterocycles. The van der Waals surface area contributed by atoms with Crippen LogP contribution in [0.15, 0.2) is 54.6 Å². The first-order valence-electron chi connectivity index (χ1n) is 9.77. The highest BCUT2D eigenvalue weighted by Crippen LogP contribution is 2.35. The van der Waals surface area contributed by atoms with Gasteiger partial charge in [0.15, 0.2) is 11.5 Å². The van der Waals surface area contributed by atoms with Gasteiger partial charge in [0.25, 0.3) is 5.91 Å². The zero-order valence-corrected chi connectivity index (χ0v) is 17.3. The SMILES string of the molecule is C=CCc1cc(/C=C(\C#N)C(=O)Nc2ccc(O)cc2)cc(OCC)c1OCCC. The largest absolute Gasteiger partial charge is 0.508 e. The van der Waals surface area contributed by atoms with Crippen molar-refractivity contribution in [2.45, 2.75) is 26.7 Å².